The molecule has 190 valence electrons. The molecule has 0 radical (unpaired) electrons. The number of hydrogen-bond donors (Lipinski definition) is 3. The standard InChI is InChI=1S/C25H29ClN6O3S/c1-4-8-22(33)27-19-11-7-12-20(14-19)29-24(35)16(3)36-25-31-30-21(32(25)5-2)15-23(34)28-18-10-6-9-17(26)13-18/h6-7,9-14,16H,4-5,8,15H2,1-3H3,(H,27,33)(H,28,34)(H,29,35). The van der Waals surface area contributed by atoms with E-state index in [9.17, 15) is 14.4 Å². The average molecular weight is 529 g/mol. The molecule has 0 saturated carbocycles. The lowest BCUT2D eigenvalue weighted by molar-refractivity contribution is -0.116. The van der Waals surface area contributed by atoms with Crippen LogP contribution in [0.3, 0.4) is 0 Å². The summed E-state index contributed by atoms with van der Waals surface area (Å²) in [6.45, 7) is 6.18. The smallest absolute Gasteiger partial charge is 0.237 e. The molecule has 9 nitrogen and oxygen atoms in total. The molecule has 11 heteroatoms. The van der Waals surface area contributed by atoms with Gasteiger partial charge in [0.25, 0.3) is 0 Å². The topological polar surface area (TPSA) is 118 Å². The van der Waals surface area contributed by atoms with Gasteiger partial charge < -0.3 is 20.5 Å². The Kier molecular flexibility index (Phi) is 9.89. The first-order valence-electron chi connectivity index (χ1n) is 11.6. The maximum atomic E-state index is 12.8. The number of amides is 3. The minimum Gasteiger partial charge on any atom is -0.326 e. The molecule has 0 fully saturated rings. The molecule has 1 heterocycles. The molecular formula is C25H29ClN6O3S. The zero-order chi connectivity index (χ0) is 26.1. The number of aromatic nitrogens is 3. The third-order valence-corrected chi connectivity index (χ3v) is 6.39. The van der Waals surface area contributed by atoms with Crippen LogP contribution in [0.4, 0.5) is 17.1 Å². The summed E-state index contributed by atoms with van der Waals surface area (Å²) in [6, 6.07) is 13.9. The van der Waals surface area contributed by atoms with Crippen LogP contribution < -0.4 is 16.0 Å². The van der Waals surface area contributed by atoms with Gasteiger partial charge in [-0.3, -0.25) is 14.4 Å². The van der Waals surface area contributed by atoms with Crippen LogP contribution in [0.2, 0.25) is 5.02 Å². The normalized spacial score (nSPS) is 11.6. The highest BCUT2D eigenvalue weighted by molar-refractivity contribution is 8.00. The Bertz CT molecular complexity index is 1230. The van der Waals surface area contributed by atoms with Gasteiger partial charge in [-0.1, -0.05) is 42.4 Å². The molecule has 1 atom stereocenters. The summed E-state index contributed by atoms with van der Waals surface area (Å²) in [6.07, 6.45) is 1.23. The molecular weight excluding hydrogens is 500 g/mol. The van der Waals surface area contributed by atoms with E-state index in [2.05, 4.69) is 26.1 Å². The molecule has 3 rings (SSSR count). The Morgan fingerprint density at radius 2 is 1.58 bits per heavy atom. The van der Waals surface area contributed by atoms with Crippen molar-refractivity contribution >= 4 is 58.1 Å². The van der Waals surface area contributed by atoms with Crippen LogP contribution in [0.5, 0.6) is 0 Å². The van der Waals surface area contributed by atoms with Gasteiger partial charge in [0.05, 0.1) is 11.7 Å². The fourth-order valence-corrected chi connectivity index (χ4v) is 4.47. The second-order valence-corrected chi connectivity index (χ2v) is 9.75. The lowest BCUT2D eigenvalue weighted by Crippen LogP contribution is -2.23. The monoisotopic (exact) mass is 528 g/mol. The van der Waals surface area contributed by atoms with Crippen molar-refractivity contribution in [1.82, 2.24) is 14.8 Å². The molecule has 1 aromatic heterocycles. The number of carbonyl (C=O) groups excluding carboxylic acids is 3. The Hall–Kier alpha value is -3.37. The number of halogens is 1. The molecule has 36 heavy (non-hydrogen) atoms. The summed E-state index contributed by atoms with van der Waals surface area (Å²) < 4.78 is 1.82. The van der Waals surface area contributed by atoms with Crippen LogP contribution in [0, 0.1) is 0 Å². The molecule has 1 unspecified atom stereocenters. The predicted molar refractivity (Wildman–Crippen MR) is 143 cm³/mol. The second-order valence-electron chi connectivity index (χ2n) is 8.01. The highest BCUT2D eigenvalue weighted by Crippen LogP contribution is 2.25. The van der Waals surface area contributed by atoms with Crippen LogP contribution in [0.1, 0.15) is 39.4 Å². The molecule has 3 N–H and O–H groups in total. The maximum Gasteiger partial charge on any atom is 0.237 e. The van der Waals surface area contributed by atoms with E-state index < -0.39 is 5.25 Å². The van der Waals surface area contributed by atoms with Gasteiger partial charge in [0.1, 0.15) is 5.82 Å². The number of benzene rings is 2. The number of thioether (sulfide) groups is 1. The van der Waals surface area contributed by atoms with E-state index in [0.717, 1.165) is 6.42 Å². The van der Waals surface area contributed by atoms with E-state index in [1.54, 1.807) is 55.5 Å². The van der Waals surface area contributed by atoms with Gasteiger partial charge in [0.2, 0.25) is 17.7 Å². The van der Waals surface area contributed by atoms with Crippen molar-refractivity contribution < 1.29 is 14.4 Å². The highest BCUT2D eigenvalue weighted by atomic mass is 35.5. The lowest BCUT2D eigenvalue weighted by Gasteiger charge is -2.13. The largest absolute Gasteiger partial charge is 0.326 e. The fraction of sp³-hybridized carbons (Fsp3) is 0.320. The summed E-state index contributed by atoms with van der Waals surface area (Å²) in [5.74, 6) is -0.0286. The van der Waals surface area contributed by atoms with Crippen LogP contribution in [-0.2, 0) is 27.3 Å². The van der Waals surface area contributed by atoms with Crippen molar-refractivity contribution in [3.8, 4) is 0 Å². The summed E-state index contributed by atoms with van der Waals surface area (Å²) in [4.78, 5) is 37.2. The number of rotatable bonds is 11. The quantitative estimate of drug-likeness (QED) is 0.302. The van der Waals surface area contributed by atoms with Crippen molar-refractivity contribution in [1.29, 1.82) is 0 Å². The minimum absolute atomic E-state index is 0.0328. The van der Waals surface area contributed by atoms with E-state index in [0.29, 0.717) is 46.0 Å². The third kappa shape index (κ3) is 7.82. The first kappa shape index (κ1) is 27.2. The van der Waals surface area contributed by atoms with E-state index in [4.69, 9.17) is 11.6 Å². The minimum atomic E-state index is -0.481. The van der Waals surface area contributed by atoms with Crippen molar-refractivity contribution in [2.45, 2.75) is 57.0 Å². The van der Waals surface area contributed by atoms with E-state index >= 15 is 0 Å². The molecule has 0 aliphatic heterocycles. The first-order valence-corrected chi connectivity index (χ1v) is 12.9. The number of nitrogens with zero attached hydrogens (tertiary/aromatic N) is 3. The first-order chi connectivity index (χ1) is 17.3. The maximum absolute atomic E-state index is 12.8. The average Bonchev–Trinajstić information content (AvgIpc) is 3.19. The SMILES string of the molecule is CCCC(=O)Nc1cccc(NC(=O)C(C)Sc2nnc(CC(=O)Nc3cccc(Cl)c3)n2CC)c1. The van der Waals surface area contributed by atoms with Gasteiger partial charge in [0, 0.05) is 35.1 Å². The fourth-order valence-electron chi connectivity index (χ4n) is 3.35. The van der Waals surface area contributed by atoms with E-state index in [1.807, 2.05) is 18.4 Å². The lowest BCUT2D eigenvalue weighted by atomic mass is 10.2. The summed E-state index contributed by atoms with van der Waals surface area (Å²) in [5.41, 5.74) is 1.80. The predicted octanol–water partition coefficient (Wildman–Crippen LogP) is 4.99. The van der Waals surface area contributed by atoms with Crippen molar-refractivity contribution in [2.75, 3.05) is 16.0 Å². The third-order valence-electron chi connectivity index (χ3n) is 5.08. The van der Waals surface area contributed by atoms with E-state index in [-0.39, 0.29) is 24.1 Å². The molecule has 0 spiro atoms. The van der Waals surface area contributed by atoms with Gasteiger partial charge in [0.15, 0.2) is 5.16 Å². The molecule has 3 aromatic rings. The number of anilines is 3. The molecule has 0 aliphatic rings. The van der Waals surface area contributed by atoms with Crippen molar-refractivity contribution in [3.05, 3.63) is 59.4 Å². The van der Waals surface area contributed by atoms with Crippen LogP contribution >= 0.6 is 23.4 Å². The van der Waals surface area contributed by atoms with Gasteiger partial charge in [-0.05, 0) is 56.7 Å². The van der Waals surface area contributed by atoms with Crippen molar-refractivity contribution in [3.63, 3.8) is 0 Å². The molecule has 2 aromatic carbocycles. The van der Waals surface area contributed by atoms with Gasteiger partial charge >= 0.3 is 0 Å². The summed E-state index contributed by atoms with van der Waals surface area (Å²) in [7, 11) is 0. The molecule has 0 saturated heterocycles. The summed E-state index contributed by atoms with van der Waals surface area (Å²) in [5, 5.41) is 17.5. The second kappa shape index (κ2) is 13.1. The Morgan fingerprint density at radius 1 is 0.944 bits per heavy atom. The summed E-state index contributed by atoms with van der Waals surface area (Å²) >= 11 is 7.23. The number of carbonyl (C=O) groups is 3. The zero-order valence-electron chi connectivity index (χ0n) is 20.4. The highest BCUT2D eigenvalue weighted by Gasteiger charge is 2.21. The molecule has 0 aliphatic carbocycles. The Balaban J connectivity index is 1.60. The Morgan fingerprint density at radius 3 is 2.25 bits per heavy atom. The Labute approximate surface area is 219 Å². The molecule has 0 bridgehead atoms. The van der Waals surface area contributed by atoms with Crippen molar-refractivity contribution in [2.24, 2.45) is 0 Å². The van der Waals surface area contributed by atoms with Crippen LogP contribution in [0.15, 0.2) is 53.7 Å². The number of nitrogens with one attached hydrogen (secondary N) is 3. The number of hydrogen-bond acceptors (Lipinski definition) is 6. The van der Waals surface area contributed by atoms with Crippen LogP contribution in [-0.4, -0.2) is 37.7 Å². The zero-order valence-corrected chi connectivity index (χ0v) is 21.9. The van der Waals surface area contributed by atoms with Crippen LogP contribution in [0.25, 0.3) is 0 Å². The van der Waals surface area contributed by atoms with Gasteiger partial charge in [-0.15, -0.1) is 10.2 Å². The van der Waals surface area contributed by atoms with E-state index in [1.165, 1.54) is 11.8 Å². The molecule has 3 amide bonds. The van der Waals surface area contributed by atoms with Gasteiger partial charge in [-0.25, -0.2) is 0 Å². The van der Waals surface area contributed by atoms with Gasteiger partial charge in [-0.2, -0.15) is 0 Å².